The van der Waals surface area contributed by atoms with Crippen LogP contribution in [0.2, 0.25) is 0 Å². The first-order chi connectivity index (χ1) is 9.59. The molecule has 0 fully saturated rings. The van der Waals surface area contributed by atoms with Gasteiger partial charge in [-0.2, -0.15) is 0 Å². The van der Waals surface area contributed by atoms with Crippen LogP contribution in [-0.2, 0) is 4.79 Å². The Kier molecular flexibility index (Phi) is 8.90. The van der Waals surface area contributed by atoms with Gasteiger partial charge < -0.3 is 5.11 Å². The number of carboxylic acids is 1. The number of hydrogen-bond acceptors (Lipinski definition) is 1. The Morgan fingerprint density at radius 3 is 2.20 bits per heavy atom. The minimum absolute atomic E-state index is 0.323. The first-order valence-electron chi connectivity index (χ1n) is 7.57. The number of hydrogen-bond donors (Lipinski definition) is 1. The van der Waals surface area contributed by atoms with Crippen molar-refractivity contribution < 1.29 is 9.90 Å². The third kappa shape index (κ3) is 7.88. The molecule has 0 aromatic heterocycles. The molecule has 0 aliphatic heterocycles. The van der Waals surface area contributed by atoms with Crippen molar-refractivity contribution in [3.8, 4) is 0 Å². The van der Waals surface area contributed by atoms with Crippen LogP contribution in [0.5, 0.6) is 0 Å². The van der Waals surface area contributed by atoms with E-state index in [-0.39, 0.29) is 0 Å². The van der Waals surface area contributed by atoms with E-state index in [1.807, 2.05) is 0 Å². The Bertz CT molecular complexity index is 386. The summed E-state index contributed by atoms with van der Waals surface area (Å²) in [7, 11) is 0. The maximum Gasteiger partial charge on any atom is 0.303 e. The van der Waals surface area contributed by atoms with Gasteiger partial charge in [-0.05, 0) is 59.0 Å². The summed E-state index contributed by atoms with van der Waals surface area (Å²) < 4.78 is 1.29. The van der Waals surface area contributed by atoms with Gasteiger partial charge in [0.15, 0.2) is 0 Å². The monoisotopic (exact) mass is 388 g/mol. The van der Waals surface area contributed by atoms with Crippen LogP contribution in [0.1, 0.15) is 69.8 Å². The van der Waals surface area contributed by atoms with Crippen molar-refractivity contribution in [2.45, 2.75) is 64.2 Å². The predicted molar refractivity (Wildman–Crippen MR) is 92.1 cm³/mol. The first-order valence-corrected chi connectivity index (χ1v) is 8.64. The average molecular weight is 388 g/mol. The van der Waals surface area contributed by atoms with E-state index < -0.39 is 5.97 Å². The van der Waals surface area contributed by atoms with Crippen molar-refractivity contribution in [1.82, 2.24) is 0 Å². The minimum atomic E-state index is -0.670. The van der Waals surface area contributed by atoms with Crippen LogP contribution < -0.4 is 0 Å². The molecule has 1 aromatic carbocycles. The van der Waals surface area contributed by atoms with Gasteiger partial charge in [0.2, 0.25) is 0 Å². The SMILES string of the molecule is CC(CCCCCCCCC(=O)O)c1ccc(I)cc1. The normalized spacial score (nSPS) is 12.3. The van der Waals surface area contributed by atoms with Gasteiger partial charge in [0, 0.05) is 9.99 Å². The van der Waals surface area contributed by atoms with Gasteiger partial charge in [0.25, 0.3) is 0 Å². The molecule has 1 aromatic rings. The number of benzene rings is 1. The molecule has 20 heavy (non-hydrogen) atoms. The zero-order valence-electron chi connectivity index (χ0n) is 12.3. The van der Waals surface area contributed by atoms with E-state index in [1.54, 1.807) is 0 Å². The Morgan fingerprint density at radius 1 is 1.05 bits per heavy atom. The third-order valence-electron chi connectivity index (χ3n) is 3.72. The number of carboxylic acid groups (broad SMARTS) is 1. The molecule has 0 aliphatic carbocycles. The maximum atomic E-state index is 10.4. The molecule has 0 saturated heterocycles. The standard InChI is InChI=1S/C17H25IO2/c1-14(15-10-12-16(18)13-11-15)8-6-4-2-3-5-7-9-17(19)20/h10-14H,2-9H2,1H3,(H,19,20). The molecule has 1 atom stereocenters. The second kappa shape index (κ2) is 10.2. The van der Waals surface area contributed by atoms with Crippen LogP contribution in [0.4, 0.5) is 0 Å². The van der Waals surface area contributed by atoms with E-state index in [0.717, 1.165) is 12.8 Å². The van der Waals surface area contributed by atoms with Gasteiger partial charge in [0.05, 0.1) is 0 Å². The lowest BCUT2D eigenvalue weighted by Crippen LogP contribution is -1.94. The van der Waals surface area contributed by atoms with Gasteiger partial charge in [-0.1, -0.05) is 51.2 Å². The van der Waals surface area contributed by atoms with Gasteiger partial charge in [-0.25, -0.2) is 0 Å². The maximum absolute atomic E-state index is 10.4. The van der Waals surface area contributed by atoms with Crippen LogP contribution in [-0.4, -0.2) is 11.1 Å². The third-order valence-corrected chi connectivity index (χ3v) is 4.44. The molecule has 112 valence electrons. The lowest BCUT2D eigenvalue weighted by atomic mass is 9.95. The first kappa shape index (κ1) is 17.5. The average Bonchev–Trinajstić information content (AvgIpc) is 2.42. The molecule has 1 unspecified atom stereocenters. The van der Waals surface area contributed by atoms with E-state index in [2.05, 4.69) is 53.8 Å². The molecule has 1 N–H and O–H groups in total. The number of carbonyl (C=O) groups is 1. The van der Waals surface area contributed by atoms with E-state index in [1.165, 1.54) is 41.2 Å². The molecule has 0 heterocycles. The topological polar surface area (TPSA) is 37.3 Å². The van der Waals surface area contributed by atoms with Gasteiger partial charge in [-0.3, -0.25) is 4.79 Å². The fourth-order valence-corrected chi connectivity index (χ4v) is 2.75. The van der Waals surface area contributed by atoms with Crippen molar-refractivity contribution >= 4 is 28.6 Å². The Morgan fingerprint density at radius 2 is 1.60 bits per heavy atom. The molecular formula is C17H25IO2. The van der Waals surface area contributed by atoms with E-state index >= 15 is 0 Å². The van der Waals surface area contributed by atoms with Crippen LogP contribution in [0.3, 0.4) is 0 Å². The zero-order chi connectivity index (χ0) is 14.8. The highest BCUT2D eigenvalue weighted by Crippen LogP contribution is 2.23. The smallest absolute Gasteiger partial charge is 0.303 e. The van der Waals surface area contributed by atoms with Crippen LogP contribution in [0, 0.1) is 3.57 Å². The lowest BCUT2D eigenvalue weighted by Gasteiger charge is -2.11. The van der Waals surface area contributed by atoms with Crippen molar-refractivity contribution in [2.75, 3.05) is 0 Å². The molecule has 0 saturated carbocycles. The van der Waals surface area contributed by atoms with Crippen molar-refractivity contribution in [3.05, 3.63) is 33.4 Å². The van der Waals surface area contributed by atoms with Gasteiger partial charge in [0.1, 0.15) is 0 Å². The highest BCUT2D eigenvalue weighted by Gasteiger charge is 2.05. The summed E-state index contributed by atoms with van der Waals surface area (Å²) in [6.07, 6.45) is 8.39. The summed E-state index contributed by atoms with van der Waals surface area (Å²) in [6, 6.07) is 8.82. The Hall–Kier alpha value is -0.580. The van der Waals surface area contributed by atoms with Crippen molar-refractivity contribution in [1.29, 1.82) is 0 Å². The highest BCUT2D eigenvalue weighted by atomic mass is 127. The quantitative estimate of drug-likeness (QED) is 0.419. The molecule has 0 radical (unpaired) electrons. The van der Waals surface area contributed by atoms with E-state index in [0.29, 0.717) is 12.3 Å². The second-order valence-corrected chi connectivity index (χ2v) is 6.75. The number of aliphatic carboxylic acids is 1. The Labute approximate surface area is 136 Å². The molecule has 2 nitrogen and oxygen atoms in total. The zero-order valence-corrected chi connectivity index (χ0v) is 14.4. The Balaban J connectivity index is 2.03. The highest BCUT2D eigenvalue weighted by molar-refractivity contribution is 14.1. The fourth-order valence-electron chi connectivity index (χ4n) is 2.39. The summed E-state index contributed by atoms with van der Waals surface area (Å²) in [5.41, 5.74) is 1.44. The largest absolute Gasteiger partial charge is 0.481 e. The molecule has 0 bridgehead atoms. The van der Waals surface area contributed by atoms with Crippen LogP contribution in [0.25, 0.3) is 0 Å². The number of rotatable bonds is 10. The van der Waals surface area contributed by atoms with E-state index in [4.69, 9.17) is 5.11 Å². The van der Waals surface area contributed by atoms with Gasteiger partial charge >= 0.3 is 5.97 Å². The van der Waals surface area contributed by atoms with E-state index in [9.17, 15) is 4.79 Å². The molecule has 3 heteroatoms. The number of halogens is 1. The summed E-state index contributed by atoms with van der Waals surface area (Å²) in [5, 5.41) is 8.54. The van der Waals surface area contributed by atoms with Gasteiger partial charge in [-0.15, -0.1) is 0 Å². The summed E-state index contributed by atoms with van der Waals surface area (Å²) in [4.78, 5) is 10.4. The van der Waals surface area contributed by atoms with Crippen molar-refractivity contribution in [3.63, 3.8) is 0 Å². The number of unbranched alkanes of at least 4 members (excludes halogenated alkanes) is 5. The molecular weight excluding hydrogens is 363 g/mol. The lowest BCUT2D eigenvalue weighted by molar-refractivity contribution is -0.137. The van der Waals surface area contributed by atoms with Crippen molar-refractivity contribution in [2.24, 2.45) is 0 Å². The fraction of sp³-hybridized carbons (Fsp3) is 0.588. The molecule has 1 rings (SSSR count). The second-order valence-electron chi connectivity index (χ2n) is 5.51. The molecule has 0 amide bonds. The molecule has 0 spiro atoms. The van der Waals surface area contributed by atoms with Crippen LogP contribution >= 0.6 is 22.6 Å². The summed E-state index contributed by atoms with van der Waals surface area (Å²) >= 11 is 2.34. The summed E-state index contributed by atoms with van der Waals surface area (Å²) in [6.45, 7) is 2.30. The minimum Gasteiger partial charge on any atom is -0.481 e. The summed E-state index contributed by atoms with van der Waals surface area (Å²) in [5.74, 6) is -0.0321. The molecule has 0 aliphatic rings. The van der Waals surface area contributed by atoms with Crippen LogP contribution in [0.15, 0.2) is 24.3 Å². The predicted octanol–water partition coefficient (Wildman–Crippen LogP) is 5.60.